The molecule has 0 bridgehead atoms. The zero-order valence-corrected chi connectivity index (χ0v) is 7.70. The summed E-state index contributed by atoms with van der Waals surface area (Å²) in [7, 11) is 4.00. The predicted molar refractivity (Wildman–Crippen MR) is 49.2 cm³/mol. The van der Waals surface area contributed by atoms with Crippen LogP contribution in [-0.4, -0.2) is 9.33 Å². The molecule has 0 aromatic rings. The molecule has 1 saturated heterocycles. The average molecular weight is 178 g/mol. The highest BCUT2D eigenvalue weighted by atomic mass is 33.1. The Labute approximate surface area is 69.4 Å². The number of hydrogen-bond acceptors (Lipinski definition) is 3. The second-order valence-electron chi connectivity index (χ2n) is 2.76. The van der Waals surface area contributed by atoms with Crippen LogP contribution in [0.25, 0.3) is 0 Å². The molecule has 2 unspecified atom stereocenters. The van der Waals surface area contributed by atoms with Crippen molar-refractivity contribution < 1.29 is 0 Å². The SMILES string of the molecule is SC12CCCCC1SS2. The topological polar surface area (TPSA) is 0 Å². The van der Waals surface area contributed by atoms with Crippen LogP contribution in [0.3, 0.4) is 0 Å². The highest BCUT2D eigenvalue weighted by Crippen LogP contribution is 2.64. The molecule has 1 aliphatic carbocycles. The van der Waals surface area contributed by atoms with E-state index in [2.05, 4.69) is 12.6 Å². The minimum Gasteiger partial charge on any atom is -0.159 e. The molecule has 1 aliphatic heterocycles. The quantitative estimate of drug-likeness (QED) is 0.447. The molecule has 2 aliphatic rings. The van der Waals surface area contributed by atoms with Gasteiger partial charge in [0.05, 0.1) is 4.08 Å². The Morgan fingerprint density at radius 2 is 2.33 bits per heavy atom. The summed E-state index contributed by atoms with van der Waals surface area (Å²) in [6.45, 7) is 0. The van der Waals surface area contributed by atoms with Gasteiger partial charge in [-0.25, -0.2) is 0 Å². The molecular weight excluding hydrogens is 168 g/mol. The molecule has 2 atom stereocenters. The van der Waals surface area contributed by atoms with Crippen molar-refractivity contribution in [1.29, 1.82) is 0 Å². The maximum Gasteiger partial charge on any atom is 0.0811 e. The summed E-state index contributed by atoms with van der Waals surface area (Å²) in [6.07, 6.45) is 5.56. The Kier molecular flexibility index (Phi) is 1.71. The van der Waals surface area contributed by atoms with Crippen LogP contribution in [0.2, 0.25) is 0 Å². The van der Waals surface area contributed by atoms with E-state index in [0.29, 0.717) is 4.08 Å². The lowest BCUT2D eigenvalue weighted by Crippen LogP contribution is -2.40. The normalized spacial score (nSPS) is 49.7. The van der Waals surface area contributed by atoms with Gasteiger partial charge in [-0.1, -0.05) is 34.4 Å². The Morgan fingerprint density at radius 1 is 1.44 bits per heavy atom. The van der Waals surface area contributed by atoms with Crippen LogP contribution < -0.4 is 0 Å². The van der Waals surface area contributed by atoms with Crippen LogP contribution in [0.5, 0.6) is 0 Å². The molecule has 0 aromatic heterocycles. The van der Waals surface area contributed by atoms with Gasteiger partial charge in [-0.2, -0.15) is 12.6 Å². The van der Waals surface area contributed by atoms with Crippen LogP contribution in [0.1, 0.15) is 25.7 Å². The van der Waals surface area contributed by atoms with Gasteiger partial charge >= 0.3 is 0 Å². The van der Waals surface area contributed by atoms with Gasteiger partial charge < -0.3 is 0 Å². The van der Waals surface area contributed by atoms with Crippen LogP contribution >= 0.6 is 34.2 Å². The number of rotatable bonds is 0. The summed E-state index contributed by atoms with van der Waals surface area (Å²) in [5, 5.41) is 0.875. The van der Waals surface area contributed by atoms with Gasteiger partial charge in [0.2, 0.25) is 0 Å². The third-order valence-electron chi connectivity index (χ3n) is 2.06. The third-order valence-corrected chi connectivity index (χ3v) is 7.19. The molecule has 0 amide bonds. The number of fused-ring (bicyclic) bond motifs is 1. The fourth-order valence-electron chi connectivity index (χ4n) is 1.41. The Hall–Kier alpha value is 1.05. The van der Waals surface area contributed by atoms with Crippen molar-refractivity contribution in [3.63, 3.8) is 0 Å². The zero-order valence-electron chi connectivity index (χ0n) is 5.17. The van der Waals surface area contributed by atoms with E-state index in [1.165, 1.54) is 25.7 Å². The van der Waals surface area contributed by atoms with E-state index in [4.69, 9.17) is 0 Å². The van der Waals surface area contributed by atoms with E-state index >= 15 is 0 Å². The van der Waals surface area contributed by atoms with Crippen molar-refractivity contribution in [2.24, 2.45) is 0 Å². The van der Waals surface area contributed by atoms with Gasteiger partial charge in [-0.15, -0.1) is 0 Å². The smallest absolute Gasteiger partial charge is 0.0811 e. The van der Waals surface area contributed by atoms with Gasteiger partial charge in [0.25, 0.3) is 0 Å². The van der Waals surface area contributed by atoms with Crippen molar-refractivity contribution in [2.45, 2.75) is 35.0 Å². The lowest BCUT2D eigenvalue weighted by Gasteiger charge is -2.47. The summed E-state index contributed by atoms with van der Waals surface area (Å²) in [5.41, 5.74) is 0. The summed E-state index contributed by atoms with van der Waals surface area (Å²) in [4.78, 5) is 0. The molecule has 0 spiro atoms. The Balaban J connectivity index is 2.05. The Morgan fingerprint density at radius 3 is 2.67 bits per heavy atom. The zero-order chi connectivity index (χ0) is 6.32. The summed E-state index contributed by atoms with van der Waals surface area (Å²) in [6, 6.07) is 0. The molecule has 9 heavy (non-hydrogen) atoms. The molecule has 0 nitrogen and oxygen atoms in total. The molecule has 52 valence electrons. The fraction of sp³-hybridized carbons (Fsp3) is 1.00. The van der Waals surface area contributed by atoms with Crippen molar-refractivity contribution >= 4 is 34.2 Å². The van der Waals surface area contributed by atoms with Crippen molar-refractivity contribution in [2.75, 3.05) is 0 Å². The van der Waals surface area contributed by atoms with E-state index in [0.717, 1.165) is 5.25 Å². The van der Waals surface area contributed by atoms with E-state index in [1.54, 1.807) is 0 Å². The van der Waals surface area contributed by atoms with Gasteiger partial charge in [0.1, 0.15) is 0 Å². The van der Waals surface area contributed by atoms with Gasteiger partial charge in [-0.3, -0.25) is 0 Å². The molecule has 1 heterocycles. The first-order valence-corrected chi connectivity index (χ1v) is 6.04. The summed E-state index contributed by atoms with van der Waals surface area (Å²) >= 11 is 4.64. The van der Waals surface area contributed by atoms with E-state index in [1.807, 2.05) is 21.6 Å². The number of thiol groups is 1. The van der Waals surface area contributed by atoms with Crippen LogP contribution in [0.4, 0.5) is 0 Å². The largest absolute Gasteiger partial charge is 0.159 e. The highest BCUT2D eigenvalue weighted by Gasteiger charge is 2.47. The number of hydrogen-bond donors (Lipinski definition) is 1. The minimum absolute atomic E-state index is 0.392. The third kappa shape index (κ3) is 1.02. The molecule has 3 heteroatoms. The first kappa shape index (κ1) is 6.74. The standard InChI is InChI=1S/C6H10S3/c7-6-4-2-1-3-5(6)8-9-6/h5,7H,1-4H2. The highest BCUT2D eigenvalue weighted by molar-refractivity contribution is 8.82. The van der Waals surface area contributed by atoms with Crippen LogP contribution in [0, 0.1) is 0 Å². The van der Waals surface area contributed by atoms with Gasteiger partial charge in [0, 0.05) is 5.25 Å². The molecule has 2 fully saturated rings. The molecule has 0 N–H and O–H groups in total. The molecular formula is C6H10S3. The fourth-order valence-corrected chi connectivity index (χ4v) is 5.56. The predicted octanol–water partition coefficient (Wildman–Crippen LogP) is 2.95. The molecule has 0 aromatic carbocycles. The van der Waals surface area contributed by atoms with E-state index < -0.39 is 0 Å². The average Bonchev–Trinajstić information content (AvgIpc) is 1.82. The first-order valence-electron chi connectivity index (χ1n) is 3.38. The molecule has 2 rings (SSSR count). The molecule has 1 saturated carbocycles. The lowest BCUT2D eigenvalue weighted by molar-refractivity contribution is 0.501. The second kappa shape index (κ2) is 2.28. The van der Waals surface area contributed by atoms with Crippen LogP contribution in [-0.2, 0) is 0 Å². The summed E-state index contributed by atoms with van der Waals surface area (Å²) in [5.74, 6) is 0. The van der Waals surface area contributed by atoms with Gasteiger partial charge in [0.15, 0.2) is 0 Å². The van der Waals surface area contributed by atoms with Crippen molar-refractivity contribution in [3.8, 4) is 0 Å². The summed E-state index contributed by atoms with van der Waals surface area (Å²) < 4.78 is 0.392. The Bertz CT molecular complexity index is 125. The maximum absolute atomic E-state index is 4.64. The van der Waals surface area contributed by atoms with E-state index in [9.17, 15) is 0 Å². The van der Waals surface area contributed by atoms with Gasteiger partial charge in [-0.05, 0) is 12.8 Å². The van der Waals surface area contributed by atoms with Crippen molar-refractivity contribution in [3.05, 3.63) is 0 Å². The molecule has 0 radical (unpaired) electrons. The monoisotopic (exact) mass is 178 g/mol. The second-order valence-corrected chi connectivity index (χ2v) is 6.59. The van der Waals surface area contributed by atoms with Crippen LogP contribution in [0.15, 0.2) is 0 Å². The van der Waals surface area contributed by atoms with Crippen molar-refractivity contribution in [1.82, 2.24) is 0 Å². The first-order chi connectivity index (χ1) is 4.31. The minimum atomic E-state index is 0.392. The van der Waals surface area contributed by atoms with E-state index in [-0.39, 0.29) is 0 Å². The maximum atomic E-state index is 4.64. The lowest BCUT2D eigenvalue weighted by atomic mass is 9.99.